The average Bonchev–Trinajstić information content (AvgIpc) is 2.45. The molecule has 0 heterocycles. The van der Waals surface area contributed by atoms with Crippen LogP contribution in [-0.4, -0.2) is 10.9 Å². The number of rotatable bonds is 1. The Labute approximate surface area is 112 Å². The van der Waals surface area contributed by atoms with Crippen molar-refractivity contribution in [1.82, 2.24) is 0 Å². The van der Waals surface area contributed by atoms with Crippen molar-refractivity contribution in [3.05, 3.63) is 70.8 Å². The van der Waals surface area contributed by atoms with Crippen LogP contribution in [0.4, 0.5) is 0 Å². The Bertz CT molecular complexity index is 651. The van der Waals surface area contributed by atoms with Crippen molar-refractivity contribution >= 4 is 11.9 Å². The molecule has 2 aromatic rings. The quantitative estimate of drug-likeness (QED) is 0.785. The third-order valence-electron chi connectivity index (χ3n) is 3.45. The van der Waals surface area contributed by atoms with Gasteiger partial charge in [0.05, 0.1) is 0 Å². The summed E-state index contributed by atoms with van der Waals surface area (Å²) in [5, 5.41) is 9.26. The van der Waals surface area contributed by atoms with E-state index in [0.29, 0.717) is 0 Å². The number of aromatic hydroxyl groups is 1. The predicted octanol–water partition coefficient (Wildman–Crippen LogP) is 3.60. The number of aryl methyl sites for hydroxylation is 1. The smallest absolute Gasteiger partial charge is 0.189 e. The summed E-state index contributed by atoms with van der Waals surface area (Å²) in [6.07, 6.45) is 3.60. The molecule has 2 nitrogen and oxygen atoms in total. The molecule has 19 heavy (non-hydrogen) atoms. The van der Waals surface area contributed by atoms with Gasteiger partial charge in [-0.05, 0) is 42.2 Å². The molecule has 0 atom stereocenters. The van der Waals surface area contributed by atoms with Crippen LogP contribution in [0, 0.1) is 0 Å². The molecule has 0 unspecified atom stereocenters. The van der Waals surface area contributed by atoms with Crippen LogP contribution in [0.5, 0.6) is 5.75 Å². The van der Waals surface area contributed by atoms with Crippen LogP contribution in [0.2, 0.25) is 0 Å². The van der Waals surface area contributed by atoms with Crippen LogP contribution < -0.4 is 0 Å². The van der Waals surface area contributed by atoms with Crippen LogP contribution in [0.15, 0.2) is 54.1 Å². The highest BCUT2D eigenvalue weighted by Gasteiger charge is 2.20. The van der Waals surface area contributed by atoms with E-state index in [9.17, 15) is 9.90 Å². The van der Waals surface area contributed by atoms with Gasteiger partial charge in [-0.2, -0.15) is 0 Å². The van der Waals surface area contributed by atoms with Gasteiger partial charge in [0, 0.05) is 11.1 Å². The lowest BCUT2D eigenvalue weighted by Crippen LogP contribution is -2.13. The van der Waals surface area contributed by atoms with Crippen molar-refractivity contribution in [3.8, 4) is 5.75 Å². The summed E-state index contributed by atoms with van der Waals surface area (Å²) in [4.78, 5) is 12.4. The maximum absolute atomic E-state index is 12.4. The molecular formula is C17H14O2. The lowest BCUT2D eigenvalue weighted by Gasteiger charge is -2.17. The second-order valence-electron chi connectivity index (χ2n) is 4.75. The van der Waals surface area contributed by atoms with E-state index < -0.39 is 0 Å². The van der Waals surface area contributed by atoms with E-state index >= 15 is 0 Å². The Hall–Kier alpha value is -2.35. The summed E-state index contributed by atoms with van der Waals surface area (Å²) in [6, 6.07) is 14.7. The van der Waals surface area contributed by atoms with E-state index in [4.69, 9.17) is 0 Å². The standard InChI is InChI=1S/C17H14O2/c18-15-9-5-12(6-10-15)11-14-8-7-13-3-1-2-4-16(13)17(14)19/h1-6,9-11,18H,7-8H2/b14-11-. The Morgan fingerprint density at radius 2 is 1.68 bits per heavy atom. The lowest BCUT2D eigenvalue weighted by molar-refractivity contribution is 0.102. The average molecular weight is 250 g/mol. The first-order valence-electron chi connectivity index (χ1n) is 6.36. The van der Waals surface area contributed by atoms with Crippen molar-refractivity contribution in [2.75, 3.05) is 0 Å². The second-order valence-corrected chi connectivity index (χ2v) is 4.75. The third kappa shape index (κ3) is 2.29. The molecule has 1 aliphatic rings. The van der Waals surface area contributed by atoms with Gasteiger partial charge in [-0.15, -0.1) is 0 Å². The molecule has 94 valence electrons. The molecule has 1 N–H and O–H groups in total. The number of carbonyl (C=O) groups excluding carboxylic acids is 1. The van der Waals surface area contributed by atoms with Crippen molar-refractivity contribution in [3.63, 3.8) is 0 Å². The summed E-state index contributed by atoms with van der Waals surface area (Å²) in [7, 11) is 0. The zero-order valence-corrected chi connectivity index (χ0v) is 10.5. The fourth-order valence-corrected chi connectivity index (χ4v) is 2.43. The second kappa shape index (κ2) is 4.73. The molecule has 0 spiro atoms. The fourth-order valence-electron chi connectivity index (χ4n) is 2.43. The Kier molecular flexibility index (Phi) is 2.92. The minimum atomic E-state index is 0.120. The SMILES string of the molecule is O=C1/C(=C\c2ccc(O)cc2)CCc2ccccc21. The highest BCUT2D eigenvalue weighted by atomic mass is 16.3. The number of allylic oxidation sites excluding steroid dienone is 1. The lowest BCUT2D eigenvalue weighted by atomic mass is 9.86. The molecular weight excluding hydrogens is 236 g/mol. The zero-order valence-electron chi connectivity index (χ0n) is 10.5. The summed E-state index contributed by atoms with van der Waals surface area (Å²) in [5.74, 6) is 0.359. The van der Waals surface area contributed by atoms with Gasteiger partial charge in [0.15, 0.2) is 5.78 Å². The molecule has 0 bridgehead atoms. The van der Waals surface area contributed by atoms with Crippen LogP contribution in [0.25, 0.3) is 6.08 Å². The molecule has 0 radical (unpaired) electrons. The van der Waals surface area contributed by atoms with Gasteiger partial charge >= 0.3 is 0 Å². The van der Waals surface area contributed by atoms with E-state index in [1.54, 1.807) is 12.1 Å². The Morgan fingerprint density at radius 3 is 2.47 bits per heavy atom. The van der Waals surface area contributed by atoms with Gasteiger partial charge < -0.3 is 5.11 Å². The normalized spacial score (nSPS) is 16.4. The number of fused-ring (bicyclic) bond motifs is 1. The zero-order chi connectivity index (χ0) is 13.2. The van der Waals surface area contributed by atoms with Gasteiger partial charge in [0.1, 0.15) is 5.75 Å². The van der Waals surface area contributed by atoms with Crippen LogP contribution >= 0.6 is 0 Å². The molecule has 2 aromatic carbocycles. The first kappa shape index (κ1) is 11.7. The molecule has 0 saturated carbocycles. The molecule has 1 aliphatic carbocycles. The highest BCUT2D eigenvalue weighted by Crippen LogP contribution is 2.26. The molecule has 0 fully saturated rings. The number of ketones is 1. The maximum Gasteiger partial charge on any atom is 0.189 e. The van der Waals surface area contributed by atoms with Crippen molar-refractivity contribution in [2.45, 2.75) is 12.8 Å². The Balaban J connectivity index is 1.96. The predicted molar refractivity (Wildman–Crippen MR) is 75.2 cm³/mol. The van der Waals surface area contributed by atoms with Crippen molar-refractivity contribution in [2.24, 2.45) is 0 Å². The number of hydrogen-bond acceptors (Lipinski definition) is 2. The topological polar surface area (TPSA) is 37.3 Å². The highest BCUT2D eigenvalue weighted by molar-refractivity contribution is 6.13. The van der Waals surface area contributed by atoms with E-state index in [2.05, 4.69) is 0 Å². The fraction of sp³-hybridized carbons (Fsp3) is 0.118. The number of Topliss-reactive ketones (excluding diaryl/α,β-unsaturated/α-hetero) is 1. The monoisotopic (exact) mass is 250 g/mol. The van der Waals surface area contributed by atoms with E-state index in [1.165, 1.54) is 0 Å². The maximum atomic E-state index is 12.4. The summed E-state index contributed by atoms with van der Waals surface area (Å²) < 4.78 is 0. The largest absolute Gasteiger partial charge is 0.508 e. The van der Waals surface area contributed by atoms with E-state index in [1.807, 2.05) is 42.5 Å². The van der Waals surface area contributed by atoms with Gasteiger partial charge in [-0.1, -0.05) is 36.4 Å². The summed E-state index contributed by atoms with van der Waals surface area (Å²) in [6.45, 7) is 0. The first-order chi connectivity index (χ1) is 9.24. The summed E-state index contributed by atoms with van der Waals surface area (Å²) in [5.41, 5.74) is 3.74. The van der Waals surface area contributed by atoms with Crippen molar-refractivity contribution in [1.29, 1.82) is 0 Å². The van der Waals surface area contributed by atoms with Crippen LogP contribution in [0.1, 0.15) is 27.9 Å². The van der Waals surface area contributed by atoms with Gasteiger partial charge in [-0.3, -0.25) is 4.79 Å². The Morgan fingerprint density at radius 1 is 0.947 bits per heavy atom. The van der Waals surface area contributed by atoms with Gasteiger partial charge in [0.2, 0.25) is 0 Å². The van der Waals surface area contributed by atoms with E-state index in [-0.39, 0.29) is 11.5 Å². The third-order valence-corrected chi connectivity index (χ3v) is 3.45. The molecule has 3 rings (SSSR count). The number of phenolic OH excluding ortho intramolecular Hbond substituents is 1. The van der Waals surface area contributed by atoms with Gasteiger partial charge in [-0.25, -0.2) is 0 Å². The molecule has 0 saturated heterocycles. The number of carbonyl (C=O) groups is 1. The van der Waals surface area contributed by atoms with Gasteiger partial charge in [0.25, 0.3) is 0 Å². The number of benzene rings is 2. The first-order valence-corrected chi connectivity index (χ1v) is 6.36. The van der Waals surface area contributed by atoms with Crippen LogP contribution in [0.3, 0.4) is 0 Å². The molecule has 0 aliphatic heterocycles. The molecule has 0 aromatic heterocycles. The number of phenols is 1. The minimum Gasteiger partial charge on any atom is -0.508 e. The summed E-state index contributed by atoms with van der Waals surface area (Å²) >= 11 is 0. The number of hydrogen-bond donors (Lipinski definition) is 1. The molecule has 2 heteroatoms. The molecule has 0 amide bonds. The van der Waals surface area contributed by atoms with Crippen molar-refractivity contribution < 1.29 is 9.90 Å². The minimum absolute atomic E-state index is 0.120. The van der Waals surface area contributed by atoms with Crippen LogP contribution in [-0.2, 0) is 6.42 Å². The van der Waals surface area contributed by atoms with E-state index in [0.717, 1.165) is 35.1 Å².